The molecule has 0 fully saturated rings. The molecule has 1 heterocycles. The summed E-state index contributed by atoms with van der Waals surface area (Å²) in [4.78, 5) is 26.4. The molecule has 0 spiro atoms. The Kier molecular flexibility index (Phi) is 7.64. The number of hydrogen-bond donors (Lipinski definition) is 3. The second-order valence-corrected chi connectivity index (χ2v) is 7.14. The van der Waals surface area contributed by atoms with E-state index in [-0.39, 0.29) is 17.7 Å². The van der Waals surface area contributed by atoms with Crippen molar-refractivity contribution in [1.82, 2.24) is 20.4 Å². The minimum atomic E-state index is -0.636. The lowest BCUT2D eigenvalue weighted by Gasteiger charge is -2.20. The molecule has 1 atom stereocenters. The molecule has 0 unspecified atom stereocenters. The predicted octanol–water partition coefficient (Wildman–Crippen LogP) is 3.51. The number of likely N-dealkylation sites (N-methyl/N-ethyl adjacent to an activating group) is 1. The first-order valence-corrected chi connectivity index (χ1v) is 9.45. The monoisotopic (exact) mass is 457 g/mol. The van der Waals surface area contributed by atoms with Crippen LogP contribution in [0.4, 0.5) is 10.6 Å². The van der Waals surface area contributed by atoms with Gasteiger partial charge in [-0.2, -0.15) is 0 Å². The van der Waals surface area contributed by atoms with E-state index in [9.17, 15) is 9.59 Å². The molecule has 8 nitrogen and oxygen atoms in total. The summed E-state index contributed by atoms with van der Waals surface area (Å²) in [5, 5.41) is 12.2. The van der Waals surface area contributed by atoms with Crippen LogP contribution in [-0.4, -0.2) is 53.3 Å². The summed E-state index contributed by atoms with van der Waals surface area (Å²) in [6, 6.07) is 6.56. The Bertz CT molecular complexity index is 814. The van der Waals surface area contributed by atoms with E-state index in [1.165, 1.54) is 0 Å². The Morgan fingerprint density at radius 3 is 2.78 bits per heavy atom. The average Bonchev–Trinajstić information content (AvgIpc) is 2.94. The van der Waals surface area contributed by atoms with Crippen LogP contribution in [0.5, 0.6) is 5.88 Å². The van der Waals surface area contributed by atoms with E-state index < -0.39 is 12.0 Å². The van der Waals surface area contributed by atoms with E-state index in [1.54, 1.807) is 24.3 Å². The highest BCUT2D eigenvalue weighted by Gasteiger charge is 2.19. The fourth-order valence-corrected chi connectivity index (χ4v) is 2.83. The number of nitrogens with zero attached hydrogens (tertiary/aromatic N) is 2. The standard InChI is InChI=1S/C17H21BrClN5O3/c1-4-24(3)9-10(2)20-17(26)27-16-13(18)14(22-23-16)21-15(25)11-7-5-6-8-12(11)19/h5-8,10H,4,9H2,1-3H3,(H,20,26)(H2,21,22,23,25)/t10-/m1/s1. The summed E-state index contributed by atoms with van der Waals surface area (Å²) in [7, 11) is 1.96. The van der Waals surface area contributed by atoms with Crippen LogP contribution in [0, 0.1) is 0 Å². The van der Waals surface area contributed by atoms with Gasteiger partial charge in [0.2, 0.25) is 0 Å². The number of amides is 2. The van der Waals surface area contributed by atoms with Crippen LogP contribution < -0.4 is 15.4 Å². The van der Waals surface area contributed by atoms with Gasteiger partial charge in [0.1, 0.15) is 10.3 Å². The number of halogens is 2. The van der Waals surface area contributed by atoms with Crippen molar-refractivity contribution in [2.45, 2.75) is 19.9 Å². The molecule has 1 aromatic heterocycles. The summed E-state index contributed by atoms with van der Waals surface area (Å²) in [6.07, 6.45) is -0.636. The van der Waals surface area contributed by atoms with Crippen LogP contribution in [0.2, 0.25) is 5.02 Å². The zero-order chi connectivity index (χ0) is 20.0. The summed E-state index contributed by atoms with van der Waals surface area (Å²) in [5.41, 5.74) is 0.315. The van der Waals surface area contributed by atoms with E-state index in [2.05, 4.69) is 41.7 Å². The van der Waals surface area contributed by atoms with E-state index >= 15 is 0 Å². The normalized spacial score (nSPS) is 11.9. The Morgan fingerprint density at radius 1 is 1.41 bits per heavy atom. The average molecular weight is 459 g/mol. The van der Waals surface area contributed by atoms with E-state index in [1.807, 2.05) is 20.9 Å². The SMILES string of the molecule is CCN(C)C[C@@H](C)NC(=O)Oc1n[nH]c(NC(=O)c2ccccc2Cl)c1Br. The number of nitrogens with one attached hydrogen (secondary N) is 3. The molecule has 0 aliphatic rings. The number of H-pyrrole nitrogens is 1. The molecule has 146 valence electrons. The van der Waals surface area contributed by atoms with Crippen molar-refractivity contribution in [2.24, 2.45) is 0 Å². The Labute approximate surface area is 170 Å². The van der Waals surface area contributed by atoms with Gasteiger partial charge in [0.25, 0.3) is 11.8 Å². The third-order valence-electron chi connectivity index (χ3n) is 3.71. The quantitative estimate of drug-likeness (QED) is 0.590. The summed E-state index contributed by atoms with van der Waals surface area (Å²) < 4.78 is 5.50. The van der Waals surface area contributed by atoms with Gasteiger partial charge in [0.15, 0.2) is 0 Å². The van der Waals surface area contributed by atoms with E-state index in [0.29, 0.717) is 21.6 Å². The molecule has 10 heteroatoms. The van der Waals surface area contributed by atoms with Gasteiger partial charge >= 0.3 is 6.09 Å². The highest BCUT2D eigenvalue weighted by Crippen LogP contribution is 2.30. The zero-order valence-electron chi connectivity index (χ0n) is 15.2. The first kappa shape index (κ1) is 21.2. The molecule has 1 aromatic carbocycles. The van der Waals surface area contributed by atoms with Crippen molar-refractivity contribution < 1.29 is 14.3 Å². The van der Waals surface area contributed by atoms with Crippen LogP contribution in [0.3, 0.4) is 0 Å². The molecular weight excluding hydrogens is 438 g/mol. The maximum atomic E-state index is 12.3. The predicted molar refractivity (Wildman–Crippen MR) is 107 cm³/mol. The van der Waals surface area contributed by atoms with Crippen LogP contribution in [0.25, 0.3) is 0 Å². The van der Waals surface area contributed by atoms with Crippen molar-refractivity contribution in [3.05, 3.63) is 39.3 Å². The van der Waals surface area contributed by atoms with Gasteiger partial charge in [0.05, 0.1) is 10.6 Å². The van der Waals surface area contributed by atoms with Crippen LogP contribution in [0.15, 0.2) is 28.7 Å². The second-order valence-electron chi connectivity index (χ2n) is 5.94. The molecule has 2 amide bonds. The van der Waals surface area contributed by atoms with Crippen molar-refractivity contribution in [3.8, 4) is 5.88 Å². The fraction of sp³-hybridized carbons (Fsp3) is 0.353. The van der Waals surface area contributed by atoms with Crippen molar-refractivity contribution in [3.63, 3.8) is 0 Å². The Hall–Kier alpha value is -2.10. The van der Waals surface area contributed by atoms with E-state index in [4.69, 9.17) is 16.3 Å². The van der Waals surface area contributed by atoms with Crippen molar-refractivity contribution >= 4 is 45.3 Å². The number of aromatic amines is 1. The van der Waals surface area contributed by atoms with Crippen molar-refractivity contribution in [2.75, 3.05) is 25.5 Å². The third kappa shape index (κ3) is 5.95. The molecule has 0 bridgehead atoms. The lowest BCUT2D eigenvalue weighted by atomic mass is 10.2. The molecule has 2 aromatic rings. The van der Waals surface area contributed by atoms with Gasteiger partial charge in [-0.1, -0.05) is 30.7 Å². The molecule has 0 aliphatic carbocycles. The molecule has 0 saturated heterocycles. The summed E-state index contributed by atoms with van der Waals surface area (Å²) in [6.45, 7) is 5.47. The highest BCUT2D eigenvalue weighted by atomic mass is 79.9. The lowest BCUT2D eigenvalue weighted by molar-refractivity contribution is 0.102. The second kappa shape index (κ2) is 9.72. The Morgan fingerprint density at radius 2 is 2.11 bits per heavy atom. The fourth-order valence-electron chi connectivity index (χ4n) is 2.25. The molecule has 2 rings (SSSR count). The zero-order valence-corrected chi connectivity index (χ0v) is 17.5. The van der Waals surface area contributed by atoms with Gasteiger partial charge in [0, 0.05) is 12.6 Å². The topological polar surface area (TPSA) is 99.3 Å². The number of benzene rings is 1. The van der Waals surface area contributed by atoms with Gasteiger partial charge in [-0.15, -0.1) is 5.10 Å². The number of rotatable bonds is 7. The van der Waals surface area contributed by atoms with Crippen LogP contribution in [0.1, 0.15) is 24.2 Å². The summed E-state index contributed by atoms with van der Waals surface area (Å²) in [5.74, 6) is -0.156. The minimum Gasteiger partial charge on any atom is -0.388 e. The van der Waals surface area contributed by atoms with Gasteiger partial charge in [-0.25, -0.2) is 4.79 Å². The van der Waals surface area contributed by atoms with Crippen LogP contribution >= 0.6 is 27.5 Å². The van der Waals surface area contributed by atoms with Gasteiger partial charge in [-0.3, -0.25) is 9.89 Å². The maximum absolute atomic E-state index is 12.3. The minimum absolute atomic E-state index is 0.0120. The molecule has 27 heavy (non-hydrogen) atoms. The van der Waals surface area contributed by atoms with Gasteiger partial charge in [-0.05, 0) is 48.6 Å². The molecule has 0 aliphatic heterocycles. The Balaban J connectivity index is 1.97. The van der Waals surface area contributed by atoms with Gasteiger partial charge < -0.3 is 20.3 Å². The number of ether oxygens (including phenoxy) is 1. The van der Waals surface area contributed by atoms with E-state index in [0.717, 1.165) is 6.54 Å². The first-order chi connectivity index (χ1) is 12.8. The number of hydrogen-bond acceptors (Lipinski definition) is 5. The smallest absolute Gasteiger partial charge is 0.388 e. The maximum Gasteiger partial charge on any atom is 0.414 e. The number of carbonyl (C=O) groups is 2. The molecular formula is C17H21BrClN5O3. The lowest BCUT2D eigenvalue weighted by Crippen LogP contribution is -2.41. The van der Waals surface area contributed by atoms with Crippen molar-refractivity contribution in [1.29, 1.82) is 0 Å². The molecule has 0 radical (unpaired) electrons. The number of aromatic nitrogens is 2. The third-order valence-corrected chi connectivity index (χ3v) is 4.78. The molecule has 0 saturated carbocycles. The largest absolute Gasteiger partial charge is 0.414 e. The number of anilines is 1. The first-order valence-electron chi connectivity index (χ1n) is 8.28. The number of carbonyl (C=O) groups excluding carboxylic acids is 2. The summed E-state index contributed by atoms with van der Waals surface area (Å²) >= 11 is 9.28. The van der Waals surface area contributed by atoms with Crippen LogP contribution in [-0.2, 0) is 0 Å². The molecule has 3 N–H and O–H groups in total. The highest BCUT2D eigenvalue weighted by molar-refractivity contribution is 9.10.